The van der Waals surface area contributed by atoms with E-state index >= 15 is 0 Å². The second kappa shape index (κ2) is 10.3. The number of carbonyl (C=O) groups is 1. The van der Waals surface area contributed by atoms with Gasteiger partial charge in [-0.2, -0.15) is 5.10 Å². The number of hydrogen-bond donors (Lipinski definition) is 1. The van der Waals surface area contributed by atoms with Crippen molar-refractivity contribution in [2.24, 2.45) is 0 Å². The molecule has 2 aromatic heterocycles. The van der Waals surface area contributed by atoms with E-state index in [0.29, 0.717) is 30.8 Å². The van der Waals surface area contributed by atoms with Gasteiger partial charge in [-0.15, -0.1) is 0 Å². The highest BCUT2D eigenvalue weighted by Crippen LogP contribution is 2.40. The van der Waals surface area contributed by atoms with E-state index in [2.05, 4.69) is 10.00 Å². The molecule has 8 nitrogen and oxygen atoms in total. The van der Waals surface area contributed by atoms with Crippen molar-refractivity contribution < 1.29 is 14.3 Å². The maximum absolute atomic E-state index is 13.7. The molecule has 196 valence electrons. The van der Waals surface area contributed by atoms with Gasteiger partial charge in [-0.3, -0.25) is 9.59 Å². The molecule has 1 aromatic carbocycles. The Balaban J connectivity index is 1.51. The summed E-state index contributed by atoms with van der Waals surface area (Å²) in [7, 11) is 1.82. The number of halogens is 1. The number of aromatic nitrogens is 3. The third-order valence-corrected chi connectivity index (χ3v) is 8.68. The van der Waals surface area contributed by atoms with E-state index in [-0.39, 0.29) is 29.9 Å². The maximum atomic E-state index is 13.7. The summed E-state index contributed by atoms with van der Waals surface area (Å²) in [5.41, 5.74) is 0.808. The molecular weight excluding hydrogens is 493 g/mol. The first-order valence-electron chi connectivity index (χ1n) is 12.8. The number of anilines is 1. The molecule has 1 unspecified atom stereocenters. The lowest BCUT2D eigenvalue weighted by Crippen LogP contribution is -2.40. The molecule has 1 amide bonds. The fraction of sp³-hybridized carbons (Fsp3) is 0.481. The van der Waals surface area contributed by atoms with Gasteiger partial charge in [0.1, 0.15) is 11.5 Å². The summed E-state index contributed by atoms with van der Waals surface area (Å²) in [4.78, 5) is 34.2. The molecule has 0 bridgehead atoms. The Morgan fingerprint density at radius 2 is 1.92 bits per heavy atom. The van der Waals surface area contributed by atoms with E-state index in [0.717, 1.165) is 47.8 Å². The summed E-state index contributed by atoms with van der Waals surface area (Å²) in [5.74, 6) is -0.299. The normalized spacial score (nSPS) is 19.2. The van der Waals surface area contributed by atoms with Crippen LogP contribution in [0.25, 0.3) is 21.8 Å². The molecule has 3 heterocycles. The zero-order chi connectivity index (χ0) is 26.2. The van der Waals surface area contributed by atoms with Gasteiger partial charge in [0.2, 0.25) is 5.91 Å². The zero-order valence-electron chi connectivity index (χ0n) is 21.2. The molecule has 2 aliphatic rings. The van der Waals surface area contributed by atoms with E-state index in [1.54, 1.807) is 30.0 Å². The van der Waals surface area contributed by atoms with Crippen molar-refractivity contribution in [1.29, 1.82) is 0 Å². The van der Waals surface area contributed by atoms with Crippen LogP contribution < -0.4 is 10.5 Å². The fourth-order valence-electron chi connectivity index (χ4n) is 5.24. The number of thiazole rings is 1. The van der Waals surface area contributed by atoms with Gasteiger partial charge in [-0.25, -0.2) is 14.1 Å². The Hall–Kier alpha value is -3.11. The molecule has 1 N–H and O–H groups in total. The number of carbonyl (C=O) groups excluding carboxylic acids is 1. The predicted molar refractivity (Wildman–Crippen MR) is 142 cm³/mol. The van der Waals surface area contributed by atoms with E-state index in [1.165, 1.54) is 34.2 Å². The van der Waals surface area contributed by atoms with Gasteiger partial charge in [0, 0.05) is 38.7 Å². The van der Waals surface area contributed by atoms with Crippen molar-refractivity contribution in [2.75, 3.05) is 25.0 Å². The standard InChI is InChI=1S/C27H32FN5O3S/c1-18(34)31(2)21-12-15-32(16-21)26-29-24(19-6-8-20(28)9-7-19)25(37-26)22-10-11-23(35)33(30-22)17-27(36)13-4-3-5-14-27/h6-11,21,36H,3-5,12-17H2,1-2H3. The highest BCUT2D eigenvalue weighted by atomic mass is 32.1. The average molecular weight is 526 g/mol. The van der Waals surface area contributed by atoms with Crippen LogP contribution in [0.1, 0.15) is 45.4 Å². The molecule has 1 aliphatic carbocycles. The van der Waals surface area contributed by atoms with Gasteiger partial charge >= 0.3 is 0 Å². The summed E-state index contributed by atoms with van der Waals surface area (Å²) in [5, 5.41) is 16.5. The van der Waals surface area contributed by atoms with Crippen LogP contribution >= 0.6 is 11.3 Å². The molecule has 5 rings (SSSR count). The molecular formula is C27H32FN5O3S. The second-order valence-electron chi connectivity index (χ2n) is 10.2. The number of aliphatic hydroxyl groups is 1. The van der Waals surface area contributed by atoms with Crippen LogP contribution in [-0.2, 0) is 11.3 Å². The lowest BCUT2D eigenvalue weighted by molar-refractivity contribution is -0.129. The van der Waals surface area contributed by atoms with Crippen molar-refractivity contribution >= 4 is 22.4 Å². The fourth-order valence-corrected chi connectivity index (χ4v) is 6.33. The van der Waals surface area contributed by atoms with E-state index < -0.39 is 5.60 Å². The number of hydrogen-bond acceptors (Lipinski definition) is 7. The molecule has 1 saturated heterocycles. The van der Waals surface area contributed by atoms with Crippen molar-refractivity contribution in [3.63, 3.8) is 0 Å². The van der Waals surface area contributed by atoms with Crippen LogP contribution in [0.15, 0.2) is 41.2 Å². The monoisotopic (exact) mass is 525 g/mol. The number of benzene rings is 1. The van der Waals surface area contributed by atoms with Gasteiger partial charge < -0.3 is 14.9 Å². The van der Waals surface area contributed by atoms with Crippen molar-refractivity contribution in [3.8, 4) is 21.8 Å². The van der Waals surface area contributed by atoms with Crippen LogP contribution in [0, 0.1) is 5.82 Å². The third kappa shape index (κ3) is 5.45. The van der Waals surface area contributed by atoms with Crippen LogP contribution in [-0.4, -0.2) is 62.5 Å². The summed E-state index contributed by atoms with van der Waals surface area (Å²) >= 11 is 1.47. The first kappa shape index (κ1) is 25.5. The Morgan fingerprint density at radius 1 is 1.19 bits per heavy atom. The lowest BCUT2D eigenvalue weighted by atomic mass is 9.85. The third-order valence-electron chi connectivity index (χ3n) is 7.54. The summed E-state index contributed by atoms with van der Waals surface area (Å²) in [6.07, 6.45) is 5.12. The van der Waals surface area contributed by atoms with Crippen molar-refractivity contribution in [2.45, 2.75) is 63.6 Å². The van der Waals surface area contributed by atoms with Crippen LogP contribution in [0.2, 0.25) is 0 Å². The summed E-state index contributed by atoms with van der Waals surface area (Å²) in [6, 6.07) is 9.46. The Kier molecular flexibility index (Phi) is 7.13. The van der Waals surface area contributed by atoms with Crippen molar-refractivity contribution in [3.05, 3.63) is 52.6 Å². The maximum Gasteiger partial charge on any atom is 0.266 e. The topological polar surface area (TPSA) is 91.6 Å². The quantitative estimate of drug-likeness (QED) is 0.525. The van der Waals surface area contributed by atoms with Gasteiger partial charge in [0.25, 0.3) is 5.56 Å². The highest BCUT2D eigenvalue weighted by molar-refractivity contribution is 7.19. The van der Waals surface area contributed by atoms with E-state index in [1.807, 2.05) is 7.05 Å². The van der Waals surface area contributed by atoms with Gasteiger partial charge in [-0.05, 0) is 49.6 Å². The Morgan fingerprint density at radius 3 is 2.62 bits per heavy atom. The number of likely N-dealkylation sites (N-methyl/N-ethyl adjacent to an activating group) is 1. The molecule has 1 aliphatic heterocycles. The second-order valence-corrected chi connectivity index (χ2v) is 11.2. The highest BCUT2D eigenvalue weighted by Gasteiger charge is 2.32. The SMILES string of the molecule is CC(=O)N(C)C1CCN(c2nc(-c3ccc(F)cc3)c(-c3ccc(=O)n(CC4(O)CCCCC4)n3)s2)C1. The zero-order valence-corrected chi connectivity index (χ0v) is 22.0. The molecule has 1 atom stereocenters. The number of amides is 1. The van der Waals surface area contributed by atoms with Crippen LogP contribution in [0.4, 0.5) is 9.52 Å². The largest absolute Gasteiger partial charge is 0.388 e. The van der Waals surface area contributed by atoms with E-state index in [9.17, 15) is 19.1 Å². The van der Waals surface area contributed by atoms with Gasteiger partial charge in [0.05, 0.1) is 28.8 Å². The van der Waals surface area contributed by atoms with Gasteiger partial charge in [0.15, 0.2) is 5.13 Å². The Labute approximate surface area is 219 Å². The minimum atomic E-state index is -0.931. The van der Waals surface area contributed by atoms with Crippen LogP contribution in [0.5, 0.6) is 0 Å². The first-order chi connectivity index (χ1) is 17.7. The lowest BCUT2D eigenvalue weighted by Gasteiger charge is -2.31. The number of rotatable bonds is 6. The minimum Gasteiger partial charge on any atom is -0.388 e. The van der Waals surface area contributed by atoms with Crippen LogP contribution in [0.3, 0.4) is 0 Å². The minimum absolute atomic E-state index is 0.0322. The predicted octanol–water partition coefficient (Wildman–Crippen LogP) is 3.93. The summed E-state index contributed by atoms with van der Waals surface area (Å²) in [6.45, 7) is 3.16. The average Bonchev–Trinajstić information content (AvgIpc) is 3.54. The summed E-state index contributed by atoms with van der Waals surface area (Å²) < 4.78 is 15.0. The molecule has 3 aromatic rings. The Bertz CT molecular complexity index is 1330. The molecule has 37 heavy (non-hydrogen) atoms. The molecule has 10 heteroatoms. The van der Waals surface area contributed by atoms with E-state index in [4.69, 9.17) is 4.98 Å². The molecule has 2 fully saturated rings. The molecule has 0 radical (unpaired) electrons. The molecule has 0 spiro atoms. The number of nitrogens with zero attached hydrogens (tertiary/aromatic N) is 5. The van der Waals surface area contributed by atoms with Gasteiger partial charge in [-0.1, -0.05) is 30.6 Å². The first-order valence-corrected chi connectivity index (χ1v) is 13.6. The molecule has 1 saturated carbocycles. The van der Waals surface area contributed by atoms with Crippen molar-refractivity contribution in [1.82, 2.24) is 19.7 Å². The smallest absolute Gasteiger partial charge is 0.266 e.